The van der Waals surface area contributed by atoms with E-state index in [4.69, 9.17) is 5.11 Å². The summed E-state index contributed by atoms with van der Waals surface area (Å²) in [5, 5.41) is 8.98. The Morgan fingerprint density at radius 2 is 1.76 bits per heavy atom. The molecule has 17 heavy (non-hydrogen) atoms. The van der Waals surface area contributed by atoms with E-state index in [2.05, 4.69) is 0 Å². The van der Waals surface area contributed by atoms with Crippen LogP contribution in [0.25, 0.3) is 0 Å². The smallest absolute Gasteiger partial charge is 0.309 e. The van der Waals surface area contributed by atoms with Gasteiger partial charge in [0.05, 0.1) is 5.41 Å². The van der Waals surface area contributed by atoms with Crippen LogP contribution >= 0.6 is 0 Å². The van der Waals surface area contributed by atoms with E-state index < -0.39 is 23.0 Å². The molecule has 0 aliphatic rings. The lowest BCUT2D eigenvalue weighted by Crippen LogP contribution is -2.26. The molecule has 0 saturated heterocycles. The number of carboxylic acid groups (broad SMARTS) is 1. The van der Waals surface area contributed by atoms with Crippen molar-refractivity contribution in [3.05, 3.63) is 34.9 Å². The molecule has 0 spiro atoms. The molecular weight excluding hydrogens is 226 g/mol. The summed E-state index contributed by atoms with van der Waals surface area (Å²) < 4.78 is 26.8. The summed E-state index contributed by atoms with van der Waals surface area (Å²) in [5.41, 5.74) is -0.415. The van der Waals surface area contributed by atoms with Gasteiger partial charge in [-0.3, -0.25) is 4.79 Å². The summed E-state index contributed by atoms with van der Waals surface area (Å²) in [6, 6.07) is 2.24. The lowest BCUT2D eigenvalue weighted by Gasteiger charge is -2.19. The molecular formula is C13H16F2O2. The topological polar surface area (TPSA) is 37.3 Å². The Labute approximate surface area is 99.3 Å². The first kappa shape index (κ1) is 13.6. The molecule has 0 amide bonds. The van der Waals surface area contributed by atoms with E-state index in [0.717, 1.165) is 6.07 Å². The predicted octanol–water partition coefficient (Wildman–Crippen LogP) is 3.18. The Bertz CT molecular complexity index is 439. The SMILES string of the molecule is CCc1cc(CC(C)(C)C(=O)O)c(F)cc1F. The van der Waals surface area contributed by atoms with Crippen LogP contribution in [-0.2, 0) is 17.6 Å². The van der Waals surface area contributed by atoms with E-state index >= 15 is 0 Å². The van der Waals surface area contributed by atoms with Gasteiger partial charge in [0, 0.05) is 6.07 Å². The Kier molecular flexibility index (Phi) is 3.86. The van der Waals surface area contributed by atoms with Crippen LogP contribution in [0.5, 0.6) is 0 Å². The maximum atomic E-state index is 13.5. The summed E-state index contributed by atoms with van der Waals surface area (Å²) in [7, 11) is 0. The van der Waals surface area contributed by atoms with Crippen LogP contribution in [0.1, 0.15) is 31.9 Å². The molecule has 0 fully saturated rings. The predicted molar refractivity (Wildman–Crippen MR) is 60.9 cm³/mol. The van der Waals surface area contributed by atoms with E-state index in [0.29, 0.717) is 12.0 Å². The van der Waals surface area contributed by atoms with E-state index in [9.17, 15) is 13.6 Å². The number of hydrogen-bond acceptors (Lipinski definition) is 1. The molecule has 0 aliphatic heterocycles. The molecule has 0 atom stereocenters. The minimum absolute atomic E-state index is 0.0431. The number of halogens is 2. The number of aliphatic carboxylic acids is 1. The normalized spacial score (nSPS) is 11.6. The highest BCUT2D eigenvalue weighted by Gasteiger charge is 2.28. The molecule has 0 aromatic heterocycles. The van der Waals surface area contributed by atoms with Gasteiger partial charge in [0.25, 0.3) is 0 Å². The third-order valence-electron chi connectivity index (χ3n) is 2.81. The molecule has 1 aromatic rings. The first-order valence-corrected chi connectivity index (χ1v) is 5.48. The van der Waals surface area contributed by atoms with Crippen molar-refractivity contribution in [2.45, 2.75) is 33.6 Å². The van der Waals surface area contributed by atoms with Gasteiger partial charge in [-0.05, 0) is 43.9 Å². The van der Waals surface area contributed by atoms with E-state index in [1.165, 1.54) is 19.9 Å². The summed E-state index contributed by atoms with van der Waals surface area (Å²) in [6.45, 7) is 4.80. The standard InChI is InChI=1S/C13H16F2O2/c1-4-8-5-9(11(15)6-10(8)14)7-13(2,3)12(16)17/h5-6H,4,7H2,1-3H3,(H,16,17). The average molecular weight is 242 g/mol. The Balaban J connectivity index is 3.11. The zero-order valence-electron chi connectivity index (χ0n) is 10.2. The summed E-state index contributed by atoms with van der Waals surface area (Å²) in [6.07, 6.45) is 0.494. The van der Waals surface area contributed by atoms with Crippen molar-refractivity contribution < 1.29 is 18.7 Å². The van der Waals surface area contributed by atoms with E-state index in [-0.39, 0.29) is 12.0 Å². The number of rotatable bonds is 4. The summed E-state index contributed by atoms with van der Waals surface area (Å²) in [4.78, 5) is 11.0. The van der Waals surface area contributed by atoms with Gasteiger partial charge < -0.3 is 5.11 Å². The lowest BCUT2D eigenvalue weighted by molar-refractivity contribution is -0.146. The maximum Gasteiger partial charge on any atom is 0.309 e. The van der Waals surface area contributed by atoms with Gasteiger partial charge in [-0.25, -0.2) is 8.78 Å². The van der Waals surface area contributed by atoms with Crippen LogP contribution in [0, 0.1) is 17.0 Å². The van der Waals surface area contributed by atoms with Gasteiger partial charge in [0.15, 0.2) is 0 Å². The molecule has 0 aliphatic carbocycles. The average Bonchev–Trinajstić information content (AvgIpc) is 2.21. The van der Waals surface area contributed by atoms with Crippen molar-refractivity contribution in [3.8, 4) is 0 Å². The fourth-order valence-electron chi connectivity index (χ4n) is 1.60. The minimum atomic E-state index is -1.07. The molecule has 0 saturated carbocycles. The number of hydrogen-bond donors (Lipinski definition) is 1. The van der Waals surface area contributed by atoms with Crippen molar-refractivity contribution >= 4 is 5.97 Å². The lowest BCUT2D eigenvalue weighted by atomic mass is 9.85. The molecule has 4 heteroatoms. The van der Waals surface area contributed by atoms with E-state index in [1.807, 2.05) is 0 Å². The third kappa shape index (κ3) is 3.02. The fourth-order valence-corrected chi connectivity index (χ4v) is 1.60. The fraction of sp³-hybridized carbons (Fsp3) is 0.462. The van der Waals surface area contributed by atoms with Crippen LogP contribution in [-0.4, -0.2) is 11.1 Å². The Morgan fingerprint density at radius 1 is 1.24 bits per heavy atom. The quantitative estimate of drug-likeness (QED) is 0.880. The van der Waals surface area contributed by atoms with E-state index in [1.54, 1.807) is 6.92 Å². The molecule has 0 bridgehead atoms. The largest absolute Gasteiger partial charge is 0.481 e. The van der Waals surface area contributed by atoms with Crippen LogP contribution in [0.4, 0.5) is 8.78 Å². The van der Waals surface area contributed by atoms with Gasteiger partial charge in [-0.1, -0.05) is 6.92 Å². The highest BCUT2D eigenvalue weighted by atomic mass is 19.1. The van der Waals surface area contributed by atoms with Crippen LogP contribution in [0.2, 0.25) is 0 Å². The third-order valence-corrected chi connectivity index (χ3v) is 2.81. The summed E-state index contributed by atoms with van der Waals surface area (Å²) in [5.74, 6) is -2.27. The van der Waals surface area contributed by atoms with Gasteiger partial charge in [-0.2, -0.15) is 0 Å². The molecule has 0 radical (unpaired) electrons. The highest BCUT2D eigenvalue weighted by Crippen LogP contribution is 2.25. The maximum absolute atomic E-state index is 13.5. The van der Waals surface area contributed by atoms with Crippen molar-refractivity contribution in [1.29, 1.82) is 0 Å². The van der Waals surface area contributed by atoms with Crippen LogP contribution in [0.3, 0.4) is 0 Å². The summed E-state index contributed by atoms with van der Waals surface area (Å²) >= 11 is 0. The Hall–Kier alpha value is -1.45. The molecule has 0 heterocycles. The molecule has 2 nitrogen and oxygen atoms in total. The Morgan fingerprint density at radius 3 is 2.24 bits per heavy atom. The highest BCUT2D eigenvalue weighted by molar-refractivity contribution is 5.74. The van der Waals surface area contributed by atoms with Crippen LogP contribution in [0.15, 0.2) is 12.1 Å². The molecule has 94 valence electrons. The van der Waals surface area contributed by atoms with Crippen LogP contribution < -0.4 is 0 Å². The van der Waals surface area contributed by atoms with Crippen molar-refractivity contribution in [3.63, 3.8) is 0 Å². The zero-order valence-corrected chi connectivity index (χ0v) is 10.2. The minimum Gasteiger partial charge on any atom is -0.481 e. The number of benzene rings is 1. The van der Waals surface area contributed by atoms with Gasteiger partial charge in [-0.15, -0.1) is 0 Å². The number of carboxylic acids is 1. The molecule has 1 aromatic carbocycles. The first-order valence-electron chi connectivity index (χ1n) is 5.48. The first-order chi connectivity index (χ1) is 7.77. The van der Waals surface area contributed by atoms with Gasteiger partial charge in [0.1, 0.15) is 11.6 Å². The second kappa shape index (κ2) is 4.82. The number of aryl methyl sites for hydroxylation is 1. The number of carbonyl (C=O) groups is 1. The second-order valence-electron chi connectivity index (χ2n) is 4.75. The van der Waals surface area contributed by atoms with Gasteiger partial charge in [0.2, 0.25) is 0 Å². The molecule has 1 rings (SSSR count). The van der Waals surface area contributed by atoms with Crippen molar-refractivity contribution in [1.82, 2.24) is 0 Å². The molecule has 0 unspecified atom stereocenters. The second-order valence-corrected chi connectivity index (χ2v) is 4.75. The zero-order chi connectivity index (χ0) is 13.2. The van der Waals surface area contributed by atoms with Crippen molar-refractivity contribution in [2.75, 3.05) is 0 Å². The monoisotopic (exact) mass is 242 g/mol. The van der Waals surface area contributed by atoms with Crippen molar-refractivity contribution in [2.24, 2.45) is 5.41 Å². The molecule has 1 N–H and O–H groups in total. The van der Waals surface area contributed by atoms with Gasteiger partial charge >= 0.3 is 5.97 Å².